The van der Waals surface area contributed by atoms with Crippen LogP contribution in [0.1, 0.15) is 58.3 Å². The van der Waals surface area contributed by atoms with Gasteiger partial charge in [0.05, 0.1) is 12.7 Å². The third-order valence-electron chi connectivity index (χ3n) is 3.33. The fraction of sp³-hybridized carbons (Fsp3) is 0.929. The maximum atomic E-state index is 11.6. The van der Waals surface area contributed by atoms with Gasteiger partial charge < -0.3 is 10.1 Å². The highest BCUT2D eigenvalue weighted by atomic mass is 16.5. The third-order valence-corrected chi connectivity index (χ3v) is 3.33. The van der Waals surface area contributed by atoms with Crippen molar-refractivity contribution in [3.05, 3.63) is 0 Å². The zero-order chi connectivity index (χ0) is 12.3. The van der Waals surface area contributed by atoms with Crippen molar-refractivity contribution in [3.63, 3.8) is 0 Å². The monoisotopic (exact) mass is 241 g/mol. The first kappa shape index (κ1) is 14.7. The molecule has 1 aliphatic rings. The number of ether oxygens (including phenoxy) is 1. The lowest BCUT2D eigenvalue weighted by molar-refractivity contribution is -0.120. The molecule has 1 saturated heterocycles. The van der Waals surface area contributed by atoms with Crippen molar-refractivity contribution in [2.45, 2.75) is 64.4 Å². The second kappa shape index (κ2) is 9.60. The van der Waals surface area contributed by atoms with E-state index in [2.05, 4.69) is 12.2 Å². The second-order valence-electron chi connectivity index (χ2n) is 4.92. The van der Waals surface area contributed by atoms with Crippen LogP contribution in [0.5, 0.6) is 0 Å². The van der Waals surface area contributed by atoms with Gasteiger partial charge in [-0.2, -0.15) is 0 Å². The van der Waals surface area contributed by atoms with Crippen LogP contribution in [0.4, 0.5) is 0 Å². The molecule has 3 nitrogen and oxygen atoms in total. The number of piperidine rings is 1. The summed E-state index contributed by atoms with van der Waals surface area (Å²) in [5.41, 5.74) is 0. The van der Waals surface area contributed by atoms with Gasteiger partial charge in [-0.15, -0.1) is 0 Å². The molecule has 1 aliphatic heterocycles. The van der Waals surface area contributed by atoms with Gasteiger partial charge in [0, 0.05) is 12.8 Å². The fourth-order valence-electron chi connectivity index (χ4n) is 2.18. The van der Waals surface area contributed by atoms with Crippen LogP contribution in [0.25, 0.3) is 0 Å². The molecule has 0 aromatic heterocycles. The van der Waals surface area contributed by atoms with Crippen LogP contribution in [0.2, 0.25) is 0 Å². The minimum Gasteiger partial charge on any atom is -0.378 e. The van der Waals surface area contributed by atoms with Crippen LogP contribution in [0.15, 0.2) is 0 Å². The summed E-state index contributed by atoms with van der Waals surface area (Å²) in [4.78, 5) is 11.6. The van der Waals surface area contributed by atoms with Crippen LogP contribution in [0, 0.1) is 0 Å². The molecule has 1 heterocycles. The number of nitrogens with one attached hydrogen (secondary N) is 1. The minimum atomic E-state index is 0.370. The molecule has 0 radical (unpaired) electrons. The van der Waals surface area contributed by atoms with E-state index in [0.29, 0.717) is 24.9 Å². The van der Waals surface area contributed by atoms with E-state index in [0.717, 1.165) is 38.8 Å². The van der Waals surface area contributed by atoms with Gasteiger partial charge in [-0.3, -0.25) is 4.79 Å². The lowest BCUT2D eigenvalue weighted by Gasteiger charge is -2.22. The van der Waals surface area contributed by atoms with E-state index < -0.39 is 0 Å². The molecule has 0 spiro atoms. The Morgan fingerprint density at radius 2 is 1.94 bits per heavy atom. The summed E-state index contributed by atoms with van der Waals surface area (Å²) >= 11 is 0. The van der Waals surface area contributed by atoms with Gasteiger partial charge in [0.25, 0.3) is 0 Å². The molecule has 0 amide bonds. The largest absolute Gasteiger partial charge is 0.378 e. The van der Waals surface area contributed by atoms with Gasteiger partial charge >= 0.3 is 0 Å². The van der Waals surface area contributed by atoms with Crippen LogP contribution < -0.4 is 5.32 Å². The van der Waals surface area contributed by atoms with Gasteiger partial charge in [-0.25, -0.2) is 0 Å². The predicted molar refractivity (Wildman–Crippen MR) is 70.2 cm³/mol. The van der Waals surface area contributed by atoms with Gasteiger partial charge in [0.1, 0.15) is 5.78 Å². The summed E-state index contributed by atoms with van der Waals surface area (Å²) in [5.74, 6) is 0.370. The first-order valence-electron chi connectivity index (χ1n) is 7.17. The average Bonchev–Trinajstić information content (AvgIpc) is 2.36. The number of carbonyl (C=O) groups is 1. The van der Waals surface area contributed by atoms with Crippen molar-refractivity contribution < 1.29 is 9.53 Å². The number of hydrogen-bond donors (Lipinski definition) is 1. The zero-order valence-electron chi connectivity index (χ0n) is 11.2. The highest BCUT2D eigenvalue weighted by Crippen LogP contribution is 2.09. The topological polar surface area (TPSA) is 38.3 Å². The molecule has 17 heavy (non-hydrogen) atoms. The maximum Gasteiger partial charge on any atom is 0.135 e. The zero-order valence-corrected chi connectivity index (χ0v) is 11.2. The molecule has 1 N–H and O–H groups in total. The summed E-state index contributed by atoms with van der Waals surface area (Å²) in [6.45, 7) is 4.91. The molecule has 100 valence electrons. The van der Waals surface area contributed by atoms with Crippen LogP contribution >= 0.6 is 0 Å². The molecule has 0 aliphatic carbocycles. The quantitative estimate of drug-likeness (QED) is 0.631. The SMILES string of the molecule is CCCCCCC(=O)CCOC1CCNCC1. The highest BCUT2D eigenvalue weighted by Gasteiger charge is 2.13. The highest BCUT2D eigenvalue weighted by molar-refractivity contribution is 5.78. The molecule has 0 aromatic rings. The number of hydrogen-bond acceptors (Lipinski definition) is 3. The molecule has 0 bridgehead atoms. The molecule has 0 saturated carbocycles. The average molecular weight is 241 g/mol. The van der Waals surface area contributed by atoms with Gasteiger partial charge in [0.15, 0.2) is 0 Å². The number of unbranched alkanes of at least 4 members (excludes halogenated alkanes) is 3. The fourth-order valence-corrected chi connectivity index (χ4v) is 2.18. The Bertz CT molecular complexity index is 200. The molecular weight excluding hydrogens is 214 g/mol. The summed E-state index contributed by atoms with van der Waals surface area (Å²) in [5, 5.41) is 3.31. The third kappa shape index (κ3) is 7.50. The predicted octanol–water partition coefficient (Wildman–Crippen LogP) is 2.68. The Morgan fingerprint density at radius 1 is 1.18 bits per heavy atom. The Labute approximate surface area is 105 Å². The van der Waals surface area contributed by atoms with Gasteiger partial charge in [-0.1, -0.05) is 26.2 Å². The molecule has 3 heteroatoms. The van der Waals surface area contributed by atoms with Crippen molar-refractivity contribution in [1.82, 2.24) is 5.32 Å². The summed E-state index contributed by atoms with van der Waals surface area (Å²) in [6, 6.07) is 0. The number of ketones is 1. The van der Waals surface area contributed by atoms with Crippen molar-refractivity contribution in [3.8, 4) is 0 Å². The van der Waals surface area contributed by atoms with Crippen molar-refractivity contribution in [2.75, 3.05) is 19.7 Å². The number of Topliss-reactive ketones (excluding diaryl/α,β-unsaturated/α-hetero) is 1. The first-order valence-corrected chi connectivity index (χ1v) is 7.17. The van der Waals surface area contributed by atoms with E-state index in [1.54, 1.807) is 0 Å². The van der Waals surface area contributed by atoms with E-state index in [-0.39, 0.29) is 0 Å². The Balaban J connectivity index is 1.92. The first-order chi connectivity index (χ1) is 8.33. The number of rotatable bonds is 9. The van der Waals surface area contributed by atoms with Crippen LogP contribution in [-0.4, -0.2) is 31.6 Å². The number of carbonyl (C=O) groups excluding carboxylic acids is 1. The van der Waals surface area contributed by atoms with Gasteiger partial charge in [-0.05, 0) is 32.4 Å². The molecule has 1 fully saturated rings. The molecule has 0 atom stereocenters. The maximum absolute atomic E-state index is 11.6. The van der Waals surface area contributed by atoms with Crippen molar-refractivity contribution in [2.24, 2.45) is 0 Å². The summed E-state index contributed by atoms with van der Waals surface area (Å²) in [6.07, 6.45) is 8.63. The Kier molecular flexibility index (Phi) is 8.28. The minimum absolute atomic E-state index is 0.370. The Morgan fingerprint density at radius 3 is 2.65 bits per heavy atom. The van der Waals surface area contributed by atoms with Crippen LogP contribution in [0.3, 0.4) is 0 Å². The van der Waals surface area contributed by atoms with Crippen molar-refractivity contribution in [1.29, 1.82) is 0 Å². The molecule has 0 aromatic carbocycles. The lowest BCUT2D eigenvalue weighted by Crippen LogP contribution is -2.32. The van der Waals surface area contributed by atoms with E-state index >= 15 is 0 Å². The Hall–Kier alpha value is -0.410. The van der Waals surface area contributed by atoms with E-state index in [9.17, 15) is 4.79 Å². The van der Waals surface area contributed by atoms with E-state index in [1.807, 2.05) is 0 Å². The lowest BCUT2D eigenvalue weighted by atomic mass is 10.1. The normalized spacial score (nSPS) is 17.2. The van der Waals surface area contributed by atoms with Crippen LogP contribution in [-0.2, 0) is 9.53 Å². The summed E-state index contributed by atoms with van der Waals surface area (Å²) in [7, 11) is 0. The van der Waals surface area contributed by atoms with E-state index in [4.69, 9.17) is 4.74 Å². The smallest absolute Gasteiger partial charge is 0.135 e. The van der Waals surface area contributed by atoms with E-state index in [1.165, 1.54) is 19.3 Å². The van der Waals surface area contributed by atoms with Crippen molar-refractivity contribution >= 4 is 5.78 Å². The second-order valence-corrected chi connectivity index (χ2v) is 4.92. The standard InChI is InChI=1S/C14H27NO2/c1-2-3-4-5-6-13(16)9-12-17-14-7-10-15-11-8-14/h14-15H,2-12H2,1H3. The summed E-state index contributed by atoms with van der Waals surface area (Å²) < 4.78 is 5.72. The molecule has 1 rings (SSSR count). The molecular formula is C14H27NO2. The molecule has 0 unspecified atom stereocenters. The van der Waals surface area contributed by atoms with Gasteiger partial charge in [0.2, 0.25) is 0 Å².